The van der Waals surface area contributed by atoms with E-state index in [9.17, 15) is 9.59 Å². The molecule has 1 saturated heterocycles. The van der Waals surface area contributed by atoms with E-state index in [1.165, 1.54) is 5.56 Å². The van der Waals surface area contributed by atoms with Gasteiger partial charge >= 0.3 is 5.63 Å². The topological polar surface area (TPSA) is 91.6 Å². The molecular formula is C26H25N5O3. The number of nitrogens with zero attached hydrogens (tertiary/aromatic N) is 4. The Labute approximate surface area is 196 Å². The Morgan fingerprint density at radius 3 is 2.44 bits per heavy atom. The zero-order valence-corrected chi connectivity index (χ0v) is 19.1. The Kier molecular flexibility index (Phi) is 5.71. The normalized spacial score (nSPS) is 13.8. The van der Waals surface area contributed by atoms with E-state index in [1.54, 1.807) is 23.1 Å². The van der Waals surface area contributed by atoms with Gasteiger partial charge in [0.25, 0.3) is 5.91 Å². The molecule has 0 atom stereocenters. The van der Waals surface area contributed by atoms with Crippen LogP contribution in [0, 0.1) is 13.8 Å². The van der Waals surface area contributed by atoms with Crippen LogP contribution in [0.25, 0.3) is 11.0 Å². The zero-order valence-electron chi connectivity index (χ0n) is 19.1. The molecule has 0 bridgehead atoms. The first-order valence-corrected chi connectivity index (χ1v) is 11.2. The molecule has 5 rings (SSSR count). The van der Waals surface area contributed by atoms with Crippen molar-refractivity contribution in [2.75, 3.05) is 36.4 Å². The van der Waals surface area contributed by atoms with Crippen LogP contribution in [0.2, 0.25) is 0 Å². The van der Waals surface area contributed by atoms with Gasteiger partial charge in [-0.25, -0.2) is 14.8 Å². The minimum absolute atomic E-state index is 0.0645. The predicted molar refractivity (Wildman–Crippen MR) is 132 cm³/mol. The summed E-state index contributed by atoms with van der Waals surface area (Å²) in [5.41, 5.74) is 2.08. The summed E-state index contributed by atoms with van der Waals surface area (Å²) in [5, 5.41) is 4.06. The Balaban J connectivity index is 1.29. The number of nitrogens with one attached hydrogen (secondary N) is 1. The first-order valence-electron chi connectivity index (χ1n) is 11.2. The maximum Gasteiger partial charge on any atom is 0.349 e. The number of hydrogen-bond donors (Lipinski definition) is 1. The van der Waals surface area contributed by atoms with Gasteiger partial charge in [0.1, 0.15) is 28.6 Å². The van der Waals surface area contributed by atoms with Crippen LogP contribution in [0.1, 0.15) is 21.7 Å². The van der Waals surface area contributed by atoms with Gasteiger partial charge in [-0.3, -0.25) is 4.79 Å². The second-order valence-electron chi connectivity index (χ2n) is 8.41. The van der Waals surface area contributed by atoms with Gasteiger partial charge in [0.2, 0.25) is 0 Å². The molecule has 1 aliphatic heterocycles. The second kappa shape index (κ2) is 8.97. The zero-order chi connectivity index (χ0) is 23.7. The van der Waals surface area contributed by atoms with Crippen LogP contribution in [0.5, 0.6) is 0 Å². The van der Waals surface area contributed by atoms with E-state index in [1.807, 2.05) is 56.3 Å². The van der Waals surface area contributed by atoms with Crippen LogP contribution in [-0.4, -0.2) is 47.0 Å². The predicted octanol–water partition coefficient (Wildman–Crippen LogP) is 3.91. The number of para-hydroxylation sites is 1. The number of anilines is 3. The number of carbonyl (C=O) groups excluding carboxylic acids is 1. The Hall–Kier alpha value is -4.20. The highest BCUT2D eigenvalue weighted by Crippen LogP contribution is 2.22. The van der Waals surface area contributed by atoms with Crippen molar-refractivity contribution in [3.8, 4) is 0 Å². The van der Waals surface area contributed by atoms with E-state index in [4.69, 9.17) is 4.42 Å². The number of carbonyl (C=O) groups is 1. The molecule has 8 heteroatoms. The molecule has 34 heavy (non-hydrogen) atoms. The van der Waals surface area contributed by atoms with Crippen molar-refractivity contribution < 1.29 is 9.21 Å². The van der Waals surface area contributed by atoms with Gasteiger partial charge in [-0.2, -0.15) is 0 Å². The fourth-order valence-corrected chi connectivity index (χ4v) is 4.08. The number of fused-ring (bicyclic) bond motifs is 1. The summed E-state index contributed by atoms with van der Waals surface area (Å²) < 4.78 is 5.34. The molecule has 172 valence electrons. The van der Waals surface area contributed by atoms with Crippen molar-refractivity contribution in [2.45, 2.75) is 13.8 Å². The van der Waals surface area contributed by atoms with Gasteiger partial charge in [-0.05, 0) is 38.1 Å². The lowest BCUT2D eigenvalue weighted by molar-refractivity contribution is 0.0742. The first-order chi connectivity index (χ1) is 16.5. The lowest BCUT2D eigenvalue weighted by atomic mass is 10.1. The van der Waals surface area contributed by atoms with Crippen molar-refractivity contribution in [2.24, 2.45) is 0 Å². The summed E-state index contributed by atoms with van der Waals surface area (Å²) in [4.78, 5) is 38.4. The molecule has 0 aliphatic carbocycles. The van der Waals surface area contributed by atoms with Gasteiger partial charge in [0.05, 0.1) is 0 Å². The lowest BCUT2D eigenvalue weighted by Crippen LogP contribution is -2.49. The fourth-order valence-electron chi connectivity index (χ4n) is 4.08. The van der Waals surface area contributed by atoms with Crippen molar-refractivity contribution in [1.29, 1.82) is 0 Å². The van der Waals surface area contributed by atoms with Crippen LogP contribution in [0.3, 0.4) is 0 Å². The Morgan fingerprint density at radius 2 is 1.68 bits per heavy atom. The third-order valence-corrected chi connectivity index (χ3v) is 5.91. The number of piperazine rings is 1. The molecule has 1 amide bonds. The maximum absolute atomic E-state index is 13.1. The molecule has 8 nitrogen and oxygen atoms in total. The average molecular weight is 456 g/mol. The van der Waals surface area contributed by atoms with Crippen molar-refractivity contribution in [1.82, 2.24) is 14.9 Å². The number of aryl methyl sites for hydroxylation is 2. The van der Waals surface area contributed by atoms with Crippen molar-refractivity contribution in [3.05, 3.63) is 88.0 Å². The van der Waals surface area contributed by atoms with E-state index in [-0.39, 0.29) is 11.5 Å². The summed E-state index contributed by atoms with van der Waals surface area (Å²) in [5.74, 6) is 1.89. The molecule has 2 aromatic carbocycles. The van der Waals surface area contributed by atoms with Crippen molar-refractivity contribution >= 4 is 34.2 Å². The largest absolute Gasteiger partial charge is 0.422 e. The Bertz CT molecular complexity index is 1410. The van der Waals surface area contributed by atoms with Gasteiger partial charge in [-0.15, -0.1) is 0 Å². The van der Waals surface area contributed by atoms with E-state index < -0.39 is 5.63 Å². The molecule has 1 aliphatic rings. The fraction of sp³-hybridized carbons (Fsp3) is 0.231. The molecule has 3 heterocycles. The smallest absolute Gasteiger partial charge is 0.349 e. The summed E-state index contributed by atoms with van der Waals surface area (Å²) in [7, 11) is 0. The summed E-state index contributed by atoms with van der Waals surface area (Å²) in [6.45, 7) is 6.08. The van der Waals surface area contributed by atoms with Crippen molar-refractivity contribution in [3.63, 3.8) is 0 Å². The summed E-state index contributed by atoms with van der Waals surface area (Å²) in [6, 6.07) is 18.8. The van der Waals surface area contributed by atoms with Gasteiger partial charge < -0.3 is 19.5 Å². The molecular weight excluding hydrogens is 430 g/mol. The monoisotopic (exact) mass is 455 g/mol. The molecule has 0 spiro atoms. The molecule has 0 saturated carbocycles. The van der Waals surface area contributed by atoms with E-state index in [0.29, 0.717) is 37.6 Å². The SMILES string of the molecule is Cc1ccc(Nc2cc(N3CCN(C(=O)c4cc5ccccc5oc4=O)CC3)nc(C)n2)cc1. The Morgan fingerprint density at radius 1 is 0.941 bits per heavy atom. The minimum atomic E-state index is -0.607. The number of rotatable bonds is 4. The number of hydrogen-bond acceptors (Lipinski definition) is 7. The molecule has 1 fully saturated rings. The lowest BCUT2D eigenvalue weighted by Gasteiger charge is -2.35. The molecule has 4 aromatic rings. The van der Waals surface area contributed by atoms with Gasteiger partial charge in [0, 0.05) is 43.3 Å². The minimum Gasteiger partial charge on any atom is -0.422 e. The number of aromatic nitrogens is 2. The van der Waals surface area contributed by atoms with E-state index in [0.717, 1.165) is 22.7 Å². The second-order valence-corrected chi connectivity index (χ2v) is 8.41. The molecule has 2 aromatic heterocycles. The third kappa shape index (κ3) is 4.47. The van der Waals surface area contributed by atoms with Crippen LogP contribution in [-0.2, 0) is 0 Å². The molecule has 0 radical (unpaired) electrons. The summed E-state index contributed by atoms with van der Waals surface area (Å²) in [6.07, 6.45) is 0. The van der Waals surface area contributed by atoms with Gasteiger partial charge in [0.15, 0.2) is 0 Å². The standard InChI is InChI=1S/C26H25N5O3/c1-17-7-9-20(10-8-17)29-23-16-24(28-18(2)27-23)30-11-13-31(14-12-30)25(32)21-15-19-5-3-4-6-22(19)34-26(21)33/h3-10,15-16H,11-14H2,1-2H3,(H,27,28,29). The van der Waals surface area contributed by atoms with Crippen LogP contribution < -0.4 is 15.8 Å². The third-order valence-electron chi connectivity index (χ3n) is 5.91. The number of amides is 1. The van der Waals surface area contributed by atoms with Gasteiger partial charge in [-0.1, -0.05) is 35.9 Å². The maximum atomic E-state index is 13.1. The van der Waals surface area contributed by atoms with Crippen LogP contribution in [0.15, 0.2) is 69.9 Å². The van der Waals surface area contributed by atoms with Crippen LogP contribution >= 0.6 is 0 Å². The van der Waals surface area contributed by atoms with E-state index in [2.05, 4.69) is 20.2 Å². The highest BCUT2D eigenvalue weighted by atomic mass is 16.4. The van der Waals surface area contributed by atoms with E-state index >= 15 is 0 Å². The first kappa shape index (κ1) is 21.6. The number of benzene rings is 2. The highest BCUT2D eigenvalue weighted by Gasteiger charge is 2.26. The van der Waals surface area contributed by atoms with Crippen LogP contribution in [0.4, 0.5) is 17.3 Å². The molecule has 1 N–H and O–H groups in total. The quantitative estimate of drug-likeness (QED) is 0.467. The average Bonchev–Trinajstić information content (AvgIpc) is 2.84. The summed E-state index contributed by atoms with van der Waals surface area (Å²) >= 11 is 0. The highest BCUT2D eigenvalue weighted by molar-refractivity contribution is 5.96. The molecule has 0 unspecified atom stereocenters.